The summed E-state index contributed by atoms with van der Waals surface area (Å²) in [6.07, 6.45) is 0. The lowest BCUT2D eigenvalue weighted by molar-refractivity contribution is -0.135. The van der Waals surface area contributed by atoms with Crippen LogP contribution in [0.15, 0.2) is 24.3 Å². The highest BCUT2D eigenvalue weighted by atomic mass is 35.5. The molecule has 1 saturated heterocycles. The maximum atomic E-state index is 12.2. The molecule has 2 amide bonds. The number of nitrogens with one attached hydrogen (secondary N) is 2. The number of hydrogen-bond donors (Lipinski definition) is 2. The zero-order chi connectivity index (χ0) is 15.2. The number of morpholine rings is 1. The highest BCUT2D eigenvalue weighted by Crippen LogP contribution is 2.08. The van der Waals surface area contributed by atoms with Crippen molar-refractivity contribution in [2.45, 2.75) is 12.6 Å². The summed E-state index contributed by atoms with van der Waals surface area (Å²) in [6.45, 7) is 2.27. The lowest BCUT2D eigenvalue weighted by Gasteiger charge is -2.27. The molecule has 122 valence electrons. The number of rotatable bonds is 4. The molecule has 2 N–H and O–H groups in total. The largest absolute Gasteiger partial charge is 0.378 e. The Morgan fingerprint density at radius 1 is 1.36 bits per heavy atom. The topological polar surface area (TPSA) is 70.7 Å². The van der Waals surface area contributed by atoms with Gasteiger partial charge in [-0.05, 0) is 17.7 Å². The van der Waals surface area contributed by atoms with Gasteiger partial charge in [-0.1, -0.05) is 12.1 Å². The first-order valence-electron chi connectivity index (χ1n) is 6.99. The molecule has 1 atom stereocenters. The third-order valence-corrected chi connectivity index (χ3v) is 3.46. The molecule has 0 saturated carbocycles. The van der Waals surface area contributed by atoms with Gasteiger partial charge in [0.2, 0.25) is 5.91 Å². The number of amides is 2. The van der Waals surface area contributed by atoms with Crippen LogP contribution in [-0.2, 0) is 16.1 Å². The van der Waals surface area contributed by atoms with E-state index in [0.717, 1.165) is 5.56 Å². The molecule has 1 unspecified atom stereocenters. The lowest BCUT2D eigenvalue weighted by atomic mass is 10.1. The molecule has 7 heteroatoms. The van der Waals surface area contributed by atoms with Gasteiger partial charge in [-0.2, -0.15) is 0 Å². The predicted octanol–water partition coefficient (Wildman–Crippen LogP) is 0.415. The Hall–Kier alpha value is -1.63. The number of hydrogen-bond acceptors (Lipinski definition) is 4. The zero-order valence-electron chi connectivity index (χ0n) is 12.8. The van der Waals surface area contributed by atoms with Crippen molar-refractivity contribution in [3.63, 3.8) is 0 Å². The van der Waals surface area contributed by atoms with Crippen LogP contribution in [0.3, 0.4) is 0 Å². The van der Waals surface area contributed by atoms with Crippen LogP contribution >= 0.6 is 12.4 Å². The lowest BCUT2D eigenvalue weighted by Crippen LogP contribution is -2.51. The van der Waals surface area contributed by atoms with Crippen molar-refractivity contribution in [1.82, 2.24) is 15.5 Å². The van der Waals surface area contributed by atoms with Crippen LogP contribution in [0.25, 0.3) is 0 Å². The van der Waals surface area contributed by atoms with Crippen molar-refractivity contribution < 1.29 is 14.3 Å². The van der Waals surface area contributed by atoms with Crippen molar-refractivity contribution in [2.24, 2.45) is 0 Å². The number of nitrogens with zero attached hydrogens (tertiary/aromatic N) is 1. The molecule has 0 bridgehead atoms. The molecule has 1 aliphatic heterocycles. The maximum Gasteiger partial charge on any atom is 0.251 e. The Morgan fingerprint density at radius 2 is 2.05 bits per heavy atom. The molecule has 1 aliphatic rings. The Morgan fingerprint density at radius 3 is 2.59 bits per heavy atom. The molecule has 1 heterocycles. The number of likely N-dealkylation sites (N-methyl/N-ethyl adjacent to an activating group) is 1. The summed E-state index contributed by atoms with van der Waals surface area (Å²) in [5, 5.41) is 5.73. The average Bonchev–Trinajstić information content (AvgIpc) is 2.55. The normalized spacial score (nSPS) is 17.3. The molecule has 22 heavy (non-hydrogen) atoms. The van der Waals surface area contributed by atoms with Crippen LogP contribution in [-0.4, -0.2) is 56.6 Å². The van der Waals surface area contributed by atoms with E-state index in [1.165, 1.54) is 0 Å². The first-order chi connectivity index (χ1) is 10.1. The van der Waals surface area contributed by atoms with E-state index >= 15 is 0 Å². The third kappa shape index (κ3) is 4.69. The van der Waals surface area contributed by atoms with Gasteiger partial charge in [0.15, 0.2) is 0 Å². The second-order valence-corrected chi connectivity index (χ2v) is 5.05. The monoisotopic (exact) mass is 327 g/mol. The van der Waals surface area contributed by atoms with Crippen molar-refractivity contribution >= 4 is 24.2 Å². The molecule has 0 aromatic heterocycles. The second kappa shape index (κ2) is 8.73. The SMILES string of the molecule is CNC(=O)c1ccc(CN(C)C(=O)C2COCCN2)cc1.Cl. The highest BCUT2D eigenvalue weighted by molar-refractivity contribution is 5.93. The van der Waals surface area contributed by atoms with Crippen LogP contribution in [0.4, 0.5) is 0 Å². The Balaban J connectivity index is 0.00000242. The number of carbonyl (C=O) groups excluding carboxylic acids is 2. The summed E-state index contributed by atoms with van der Waals surface area (Å²) in [4.78, 5) is 25.4. The average molecular weight is 328 g/mol. The summed E-state index contributed by atoms with van der Waals surface area (Å²) >= 11 is 0. The molecular weight excluding hydrogens is 306 g/mol. The molecular formula is C15H22ClN3O3. The molecule has 0 radical (unpaired) electrons. The number of carbonyl (C=O) groups is 2. The van der Waals surface area contributed by atoms with Gasteiger partial charge in [0, 0.05) is 32.7 Å². The molecule has 1 aromatic carbocycles. The fraction of sp³-hybridized carbons (Fsp3) is 0.467. The molecule has 1 fully saturated rings. The van der Waals surface area contributed by atoms with Gasteiger partial charge in [0.1, 0.15) is 6.04 Å². The maximum absolute atomic E-state index is 12.2. The molecule has 0 spiro atoms. The minimum atomic E-state index is -0.270. The van der Waals surface area contributed by atoms with E-state index in [4.69, 9.17) is 4.74 Å². The number of benzene rings is 1. The van der Waals surface area contributed by atoms with Gasteiger partial charge < -0.3 is 20.3 Å². The molecule has 2 rings (SSSR count). The minimum Gasteiger partial charge on any atom is -0.378 e. The second-order valence-electron chi connectivity index (χ2n) is 5.05. The van der Waals surface area contributed by atoms with Gasteiger partial charge in [-0.3, -0.25) is 9.59 Å². The van der Waals surface area contributed by atoms with E-state index in [1.54, 1.807) is 31.1 Å². The van der Waals surface area contributed by atoms with Gasteiger partial charge in [-0.15, -0.1) is 12.4 Å². The first kappa shape index (κ1) is 18.4. The molecule has 0 aliphatic carbocycles. The summed E-state index contributed by atoms with van der Waals surface area (Å²) < 4.78 is 5.30. The van der Waals surface area contributed by atoms with E-state index < -0.39 is 0 Å². The van der Waals surface area contributed by atoms with Crippen molar-refractivity contribution in [1.29, 1.82) is 0 Å². The zero-order valence-corrected chi connectivity index (χ0v) is 13.6. The summed E-state index contributed by atoms with van der Waals surface area (Å²) in [5.74, 6) is -0.0976. The highest BCUT2D eigenvalue weighted by Gasteiger charge is 2.24. The van der Waals surface area contributed by atoms with Gasteiger partial charge in [0.25, 0.3) is 5.91 Å². The van der Waals surface area contributed by atoms with Crippen molar-refractivity contribution in [2.75, 3.05) is 33.9 Å². The molecule has 6 nitrogen and oxygen atoms in total. The van der Waals surface area contributed by atoms with Crippen molar-refractivity contribution in [3.05, 3.63) is 35.4 Å². The van der Waals surface area contributed by atoms with Crippen LogP contribution < -0.4 is 10.6 Å². The van der Waals surface area contributed by atoms with Crippen LogP contribution in [0, 0.1) is 0 Å². The quantitative estimate of drug-likeness (QED) is 0.840. The van der Waals surface area contributed by atoms with E-state index in [1.807, 2.05) is 12.1 Å². The van der Waals surface area contributed by atoms with Crippen molar-refractivity contribution in [3.8, 4) is 0 Å². The van der Waals surface area contributed by atoms with Gasteiger partial charge >= 0.3 is 0 Å². The fourth-order valence-electron chi connectivity index (χ4n) is 2.25. The fourth-order valence-corrected chi connectivity index (χ4v) is 2.25. The summed E-state index contributed by atoms with van der Waals surface area (Å²) in [5.41, 5.74) is 1.59. The van der Waals surface area contributed by atoms with Gasteiger partial charge in [-0.25, -0.2) is 0 Å². The number of ether oxygens (including phenoxy) is 1. The molecule has 1 aromatic rings. The first-order valence-corrected chi connectivity index (χ1v) is 6.99. The predicted molar refractivity (Wildman–Crippen MR) is 86.2 cm³/mol. The minimum absolute atomic E-state index is 0. The van der Waals surface area contributed by atoms with Crippen LogP contribution in [0.1, 0.15) is 15.9 Å². The smallest absolute Gasteiger partial charge is 0.251 e. The summed E-state index contributed by atoms with van der Waals surface area (Å²) in [7, 11) is 3.37. The van der Waals surface area contributed by atoms with E-state index in [-0.39, 0.29) is 30.3 Å². The van der Waals surface area contributed by atoms with Crippen LogP contribution in [0.2, 0.25) is 0 Å². The Kier molecular flexibility index (Phi) is 7.31. The standard InChI is InChI=1S/C15H21N3O3.ClH/c1-16-14(19)12-5-3-11(4-6-12)9-18(2)15(20)13-10-21-8-7-17-13;/h3-6,13,17H,7-10H2,1-2H3,(H,16,19);1H. The van der Waals surface area contributed by atoms with E-state index in [0.29, 0.717) is 31.9 Å². The van der Waals surface area contributed by atoms with Crippen LogP contribution in [0.5, 0.6) is 0 Å². The number of halogens is 1. The Bertz CT molecular complexity index is 501. The van der Waals surface area contributed by atoms with E-state index in [2.05, 4.69) is 10.6 Å². The van der Waals surface area contributed by atoms with E-state index in [9.17, 15) is 9.59 Å². The Labute approximate surface area is 136 Å². The van der Waals surface area contributed by atoms with Gasteiger partial charge in [0.05, 0.1) is 13.2 Å². The third-order valence-electron chi connectivity index (χ3n) is 3.46. The summed E-state index contributed by atoms with van der Waals surface area (Å²) in [6, 6.07) is 6.97.